The van der Waals surface area contributed by atoms with Crippen LogP contribution in [0.15, 0.2) is 29.2 Å². The molecule has 1 aliphatic heterocycles. The lowest BCUT2D eigenvalue weighted by Gasteiger charge is -2.21. The molecule has 11 heteroatoms. The zero-order chi connectivity index (χ0) is 21.7. The first-order chi connectivity index (χ1) is 14.2. The monoisotopic (exact) mass is 454 g/mol. The number of rotatable bonds is 3. The molecule has 1 atom stereocenters. The number of aryl methyl sites for hydroxylation is 1. The van der Waals surface area contributed by atoms with Crippen LogP contribution in [0.1, 0.15) is 22.3 Å². The van der Waals surface area contributed by atoms with Gasteiger partial charge in [0, 0.05) is 37.0 Å². The fraction of sp³-hybridized carbons (Fsp3) is 0.250. The van der Waals surface area contributed by atoms with Crippen LogP contribution < -0.4 is 16.1 Å². The lowest BCUT2D eigenvalue weighted by molar-refractivity contribution is 0.0695. The van der Waals surface area contributed by atoms with Crippen LogP contribution in [0.4, 0.5) is 19.0 Å². The Morgan fingerprint density at radius 3 is 2.58 bits per heavy atom. The van der Waals surface area contributed by atoms with Crippen molar-refractivity contribution in [2.45, 2.75) is 19.4 Å². The Labute approximate surface area is 180 Å². The largest absolute Gasteiger partial charge is 0.477 e. The molecular formula is C20H18ClF3N4O3. The molecule has 1 aromatic carbocycles. The third-order valence-electron chi connectivity index (χ3n) is 5.22. The number of hydrogen-bond donors (Lipinski definition) is 2. The van der Waals surface area contributed by atoms with Gasteiger partial charge in [0.05, 0.1) is 11.1 Å². The molecule has 3 aromatic rings. The summed E-state index contributed by atoms with van der Waals surface area (Å²) >= 11 is 0. The maximum Gasteiger partial charge on any atom is 0.341 e. The molecule has 1 saturated heterocycles. The van der Waals surface area contributed by atoms with Crippen molar-refractivity contribution in [3.63, 3.8) is 0 Å². The SMILES string of the molecule is Cc1c(F)c(N2CC[C@H](N)C2)nc2c1c(=O)c(C(=O)O)cn2-c1ccc(F)cc1F.Cl. The maximum atomic E-state index is 15.1. The quantitative estimate of drug-likeness (QED) is 0.631. The lowest BCUT2D eigenvalue weighted by Crippen LogP contribution is -2.29. The van der Waals surface area contributed by atoms with Gasteiger partial charge in [0.2, 0.25) is 5.43 Å². The number of aromatic carboxylic acids is 1. The molecule has 0 radical (unpaired) electrons. The molecule has 0 bridgehead atoms. The normalized spacial score (nSPS) is 15.9. The first-order valence-electron chi connectivity index (χ1n) is 9.13. The van der Waals surface area contributed by atoms with E-state index < -0.39 is 34.4 Å². The van der Waals surface area contributed by atoms with E-state index in [1.54, 1.807) is 4.90 Å². The lowest BCUT2D eigenvalue weighted by atomic mass is 10.1. The van der Waals surface area contributed by atoms with Crippen molar-refractivity contribution >= 4 is 35.2 Å². The number of pyridine rings is 2. The van der Waals surface area contributed by atoms with Crippen LogP contribution >= 0.6 is 12.4 Å². The standard InChI is InChI=1S/C20H17F3N4O3.ClH/c1-9-15-17(28)12(20(29)30)8-27(14-3-2-10(21)6-13(14)22)18(15)25-19(16(9)23)26-5-4-11(24)7-26;/h2-3,6,8,11H,4-5,7,24H2,1H3,(H,29,30);1H/t11-;/m0./s1. The van der Waals surface area contributed by atoms with Gasteiger partial charge in [-0.25, -0.2) is 22.9 Å². The van der Waals surface area contributed by atoms with E-state index in [0.29, 0.717) is 25.6 Å². The number of nitrogens with zero attached hydrogens (tertiary/aromatic N) is 3. The van der Waals surface area contributed by atoms with Crippen LogP contribution in [0.2, 0.25) is 0 Å². The third kappa shape index (κ3) is 3.72. The molecule has 1 aliphatic rings. The van der Waals surface area contributed by atoms with Gasteiger partial charge in [-0.2, -0.15) is 0 Å². The Morgan fingerprint density at radius 2 is 2.00 bits per heavy atom. The van der Waals surface area contributed by atoms with E-state index in [1.807, 2.05) is 0 Å². The fourth-order valence-electron chi connectivity index (χ4n) is 3.68. The summed E-state index contributed by atoms with van der Waals surface area (Å²) in [5, 5.41) is 9.13. The van der Waals surface area contributed by atoms with Crippen LogP contribution in [0.3, 0.4) is 0 Å². The van der Waals surface area contributed by atoms with Crippen LogP contribution in [0.5, 0.6) is 0 Å². The first kappa shape index (κ1) is 22.6. The average molecular weight is 455 g/mol. The molecule has 164 valence electrons. The van der Waals surface area contributed by atoms with Crippen LogP contribution in [0.25, 0.3) is 16.7 Å². The van der Waals surface area contributed by atoms with E-state index in [4.69, 9.17) is 5.73 Å². The number of carboxylic acid groups (broad SMARTS) is 1. The highest BCUT2D eigenvalue weighted by Crippen LogP contribution is 2.29. The summed E-state index contributed by atoms with van der Waals surface area (Å²) in [6.45, 7) is 2.12. The molecular weight excluding hydrogens is 437 g/mol. The minimum absolute atomic E-state index is 0. The number of halogens is 4. The molecule has 0 saturated carbocycles. The Morgan fingerprint density at radius 1 is 1.29 bits per heavy atom. The predicted molar refractivity (Wildman–Crippen MR) is 111 cm³/mol. The first-order valence-corrected chi connectivity index (χ1v) is 9.13. The molecule has 4 rings (SSSR count). The zero-order valence-corrected chi connectivity index (χ0v) is 17.0. The molecule has 3 N–H and O–H groups in total. The minimum Gasteiger partial charge on any atom is -0.477 e. The summed E-state index contributed by atoms with van der Waals surface area (Å²) in [7, 11) is 0. The number of benzene rings is 1. The van der Waals surface area contributed by atoms with Gasteiger partial charge in [0.1, 0.15) is 17.2 Å². The Hall–Kier alpha value is -3.11. The highest BCUT2D eigenvalue weighted by atomic mass is 35.5. The van der Waals surface area contributed by atoms with Crippen molar-refractivity contribution in [3.05, 3.63) is 63.2 Å². The molecule has 0 amide bonds. The van der Waals surface area contributed by atoms with Gasteiger partial charge in [0.15, 0.2) is 17.3 Å². The van der Waals surface area contributed by atoms with Crippen molar-refractivity contribution in [2.75, 3.05) is 18.0 Å². The van der Waals surface area contributed by atoms with Crippen molar-refractivity contribution in [1.82, 2.24) is 9.55 Å². The summed E-state index contributed by atoms with van der Waals surface area (Å²) in [5.41, 5.74) is 3.79. The molecule has 7 nitrogen and oxygen atoms in total. The second kappa shape index (κ2) is 8.20. The third-order valence-corrected chi connectivity index (χ3v) is 5.22. The van der Waals surface area contributed by atoms with Gasteiger partial charge >= 0.3 is 5.97 Å². The maximum absolute atomic E-state index is 15.1. The number of carbonyl (C=O) groups is 1. The molecule has 3 heterocycles. The van der Waals surface area contributed by atoms with Crippen molar-refractivity contribution < 1.29 is 23.1 Å². The van der Waals surface area contributed by atoms with E-state index in [1.165, 1.54) is 6.92 Å². The topological polar surface area (TPSA) is 101 Å². The van der Waals surface area contributed by atoms with Gasteiger partial charge < -0.3 is 15.7 Å². The van der Waals surface area contributed by atoms with E-state index in [-0.39, 0.29) is 46.6 Å². The summed E-state index contributed by atoms with van der Waals surface area (Å²) in [4.78, 5) is 30.2. The van der Waals surface area contributed by atoms with E-state index in [0.717, 1.165) is 22.9 Å². The second-order valence-corrected chi connectivity index (χ2v) is 7.21. The van der Waals surface area contributed by atoms with E-state index >= 15 is 4.39 Å². The summed E-state index contributed by atoms with van der Waals surface area (Å²) < 4.78 is 44.1. The van der Waals surface area contributed by atoms with Gasteiger partial charge in [-0.3, -0.25) is 9.36 Å². The molecule has 2 aromatic heterocycles. The highest BCUT2D eigenvalue weighted by molar-refractivity contribution is 5.93. The average Bonchev–Trinajstić information content (AvgIpc) is 3.11. The van der Waals surface area contributed by atoms with E-state index in [2.05, 4.69) is 4.98 Å². The van der Waals surface area contributed by atoms with Crippen LogP contribution in [-0.4, -0.2) is 39.8 Å². The smallest absolute Gasteiger partial charge is 0.341 e. The van der Waals surface area contributed by atoms with Crippen LogP contribution in [0, 0.1) is 24.4 Å². The highest BCUT2D eigenvalue weighted by Gasteiger charge is 2.28. The van der Waals surface area contributed by atoms with Gasteiger partial charge in [-0.05, 0) is 25.5 Å². The van der Waals surface area contributed by atoms with E-state index in [9.17, 15) is 23.5 Å². The number of nitrogens with two attached hydrogens (primary N) is 1. The summed E-state index contributed by atoms with van der Waals surface area (Å²) in [6, 6.07) is 2.52. The number of anilines is 1. The predicted octanol–water partition coefficient (Wildman–Crippen LogP) is 2.77. The van der Waals surface area contributed by atoms with Crippen molar-refractivity contribution in [1.29, 1.82) is 0 Å². The Kier molecular flexibility index (Phi) is 5.97. The van der Waals surface area contributed by atoms with Gasteiger partial charge in [-0.15, -0.1) is 12.4 Å². The molecule has 31 heavy (non-hydrogen) atoms. The van der Waals surface area contributed by atoms with Crippen molar-refractivity contribution in [2.24, 2.45) is 5.73 Å². The van der Waals surface area contributed by atoms with Crippen LogP contribution in [-0.2, 0) is 0 Å². The number of aromatic nitrogens is 2. The van der Waals surface area contributed by atoms with Gasteiger partial charge in [-0.1, -0.05) is 0 Å². The van der Waals surface area contributed by atoms with Gasteiger partial charge in [0.25, 0.3) is 0 Å². The fourth-order valence-corrected chi connectivity index (χ4v) is 3.68. The minimum atomic E-state index is -1.56. The van der Waals surface area contributed by atoms with Crippen molar-refractivity contribution in [3.8, 4) is 5.69 Å². The second-order valence-electron chi connectivity index (χ2n) is 7.21. The number of hydrogen-bond acceptors (Lipinski definition) is 5. The molecule has 0 unspecified atom stereocenters. The Bertz CT molecular complexity index is 1260. The molecule has 0 aliphatic carbocycles. The Balaban J connectivity index is 0.00000272. The number of carboxylic acids is 1. The molecule has 0 spiro atoms. The zero-order valence-electron chi connectivity index (χ0n) is 16.2. The summed E-state index contributed by atoms with van der Waals surface area (Å²) in [5.74, 6) is -4.23. The molecule has 1 fully saturated rings. The number of fused-ring (bicyclic) bond motifs is 1. The summed E-state index contributed by atoms with van der Waals surface area (Å²) in [6.07, 6.45) is 1.53.